The number of thiophene rings is 1. The van der Waals surface area contributed by atoms with Crippen molar-refractivity contribution in [3.63, 3.8) is 0 Å². The third kappa shape index (κ3) is 6.51. The number of aliphatic hydroxyl groups is 1. The summed E-state index contributed by atoms with van der Waals surface area (Å²) < 4.78 is 5.63. The second kappa shape index (κ2) is 10.2. The van der Waals surface area contributed by atoms with Gasteiger partial charge in [0.05, 0.1) is 19.3 Å². The van der Waals surface area contributed by atoms with Gasteiger partial charge in [-0.2, -0.15) is 0 Å². The fraction of sp³-hybridized carbons (Fsp3) is 0.545. The maximum Gasteiger partial charge on any atom is 0.0900 e. The van der Waals surface area contributed by atoms with E-state index in [0.717, 1.165) is 25.6 Å². The Morgan fingerprint density at radius 1 is 1.19 bits per heavy atom. The van der Waals surface area contributed by atoms with Crippen molar-refractivity contribution >= 4 is 11.3 Å². The summed E-state index contributed by atoms with van der Waals surface area (Å²) in [6.45, 7) is 6.10. The minimum absolute atomic E-state index is 0.390. The van der Waals surface area contributed by atoms with E-state index in [1.807, 2.05) is 6.07 Å². The Hall–Kier alpha value is -1.20. The molecule has 1 atom stereocenters. The Morgan fingerprint density at radius 3 is 2.65 bits per heavy atom. The molecule has 0 aliphatic carbocycles. The fourth-order valence-electron chi connectivity index (χ4n) is 3.62. The molecule has 3 rings (SSSR count). The number of hydrogen-bond acceptors (Lipinski definition) is 4. The third-order valence-corrected chi connectivity index (χ3v) is 6.12. The minimum Gasteiger partial charge on any atom is -0.389 e. The molecular weight excluding hydrogens is 342 g/mol. The van der Waals surface area contributed by atoms with E-state index >= 15 is 0 Å². The summed E-state index contributed by atoms with van der Waals surface area (Å²) in [5.74, 6) is 0.819. The van der Waals surface area contributed by atoms with Gasteiger partial charge < -0.3 is 14.7 Å². The highest BCUT2D eigenvalue weighted by atomic mass is 32.1. The zero-order chi connectivity index (χ0) is 18.2. The van der Waals surface area contributed by atoms with Crippen LogP contribution in [0.2, 0.25) is 0 Å². The average molecular weight is 374 g/mol. The molecule has 2 aromatic rings. The molecule has 0 bridgehead atoms. The van der Waals surface area contributed by atoms with Gasteiger partial charge in [-0.15, -0.1) is 11.3 Å². The Balaban J connectivity index is 1.28. The van der Waals surface area contributed by atoms with E-state index in [1.165, 1.54) is 41.7 Å². The first-order valence-corrected chi connectivity index (χ1v) is 10.6. The molecule has 1 aromatic heterocycles. The first-order valence-electron chi connectivity index (χ1n) is 9.75. The van der Waals surface area contributed by atoms with Gasteiger partial charge in [0.15, 0.2) is 0 Å². The van der Waals surface area contributed by atoms with Crippen LogP contribution < -0.4 is 0 Å². The standard InChI is InChI=1S/C22H31NO2S/c1-18-4-6-19(7-5-18)8-9-20-10-12-23(13-11-20)15-21(24)16-25-17-22-3-2-14-26-22/h2-7,14,20-21,24H,8-13,15-17H2,1H3. The molecule has 2 heterocycles. The van der Waals surface area contributed by atoms with E-state index in [1.54, 1.807) is 11.3 Å². The lowest BCUT2D eigenvalue weighted by molar-refractivity contribution is 0.00499. The predicted molar refractivity (Wildman–Crippen MR) is 109 cm³/mol. The van der Waals surface area contributed by atoms with Crippen LogP contribution in [0.5, 0.6) is 0 Å². The van der Waals surface area contributed by atoms with Gasteiger partial charge in [-0.3, -0.25) is 0 Å². The minimum atomic E-state index is -0.390. The lowest BCUT2D eigenvalue weighted by atomic mass is 9.90. The fourth-order valence-corrected chi connectivity index (χ4v) is 4.26. The third-order valence-electron chi connectivity index (χ3n) is 5.27. The van der Waals surface area contributed by atoms with Crippen molar-refractivity contribution in [2.45, 2.75) is 45.3 Å². The Kier molecular flexibility index (Phi) is 7.69. The predicted octanol–water partition coefficient (Wildman–Crippen LogP) is 4.28. The van der Waals surface area contributed by atoms with E-state index < -0.39 is 0 Å². The molecule has 142 valence electrons. The summed E-state index contributed by atoms with van der Waals surface area (Å²) in [5.41, 5.74) is 2.79. The molecule has 0 radical (unpaired) electrons. The summed E-state index contributed by atoms with van der Waals surface area (Å²) in [6.07, 6.45) is 4.57. The Labute approximate surface area is 161 Å². The van der Waals surface area contributed by atoms with Crippen LogP contribution in [-0.2, 0) is 17.8 Å². The van der Waals surface area contributed by atoms with Gasteiger partial charge in [-0.25, -0.2) is 0 Å². The summed E-state index contributed by atoms with van der Waals surface area (Å²) in [6, 6.07) is 13.0. The van der Waals surface area contributed by atoms with E-state index in [4.69, 9.17) is 4.74 Å². The number of hydrogen-bond donors (Lipinski definition) is 1. The van der Waals surface area contributed by atoms with Crippen LogP contribution in [0.25, 0.3) is 0 Å². The van der Waals surface area contributed by atoms with Crippen molar-refractivity contribution in [1.29, 1.82) is 0 Å². The highest BCUT2D eigenvalue weighted by molar-refractivity contribution is 7.09. The van der Waals surface area contributed by atoms with Crippen molar-refractivity contribution in [2.75, 3.05) is 26.2 Å². The van der Waals surface area contributed by atoms with Gasteiger partial charge >= 0.3 is 0 Å². The van der Waals surface area contributed by atoms with Gasteiger partial charge in [-0.1, -0.05) is 35.9 Å². The highest BCUT2D eigenvalue weighted by Crippen LogP contribution is 2.22. The van der Waals surface area contributed by atoms with Crippen molar-refractivity contribution in [1.82, 2.24) is 4.90 Å². The number of benzene rings is 1. The monoisotopic (exact) mass is 373 g/mol. The number of piperidine rings is 1. The van der Waals surface area contributed by atoms with Gasteiger partial charge in [0.1, 0.15) is 0 Å². The summed E-state index contributed by atoms with van der Waals surface area (Å²) in [4.78, 5) is 3.60. The summed E-state index contributed by atoms with van der Waals surface area (Å²) >= 11 is 1.70. The molecule has 3 nitrogen and oxygen atoms in total. The second-order valence-corrected chi connectivity index (χ2v) is 8.55. The largest absolute Gasteiger partial charge is 0.389 e. The van der Waals surface area contributed by atoms with Gasteiger partial charge in [0.25, 0.3) is 0 Å². The molecule has 1 N–H and O–H groups in total. The number of aryl methyl sites for hydroxylation is 2. The van der Waals surface area contributed by atoms with Crippen molar-refractivity contribution in [2.24, 2.45) is 5.92 Å². The maximum absolute atomic E-state index is 10.2. The second-order valence-electron chi connectivity index (χ2n) is 7.52. The molecule has 1 unspecified atom stereocenters. The quantitative estimate of drug-likeness (QED) is 0.712. The van der Waals surface area contributed by atoms with Crippen LogP contribution in [0.15, 0.2) is 41.8 Å². The summed E-state index contributed by atoms with van der Waals surface area (Å²) in [7, 11) is 0. The molecule has 26 heavy (non-hydrogen) atoms. The van der Waals surface area contributed by atoms with Gasteiger partial charge in [0.2, 0.25) is 0 Å². The molecule has 0 amide bonds. The summed E-state index contributed by atoms with van der Waals surface area (Å²) in [5, 5.41) is 12.3. The molecule has 0 spiro atoms. The van der Waals surface area contributed by atoms with Crippen LogP contribution in [0.1, 0.15) is 35.3 Å². The number of nitrogens with zero attached hydrogens (tertiary/aromatic N) is 1. The average Bonchev–Trinajstić information content (AvgIpc) is 3.16. The lowest BCUT2D eigenvalue weighted by Gasteiger charge is -2.33. The van der Waals surface area contributed by atoms with Gasteiger partial charge in [-0.05, 0) is 68.6 Å². The first kappa shape index (κ1) is 19.6. The smallest absolute Gasteiger partial charge is 0.0900 e. The van der Waals surface area contributed by atoms with E-state index in [9.17, 15) is 5.11 Å². The zero-order valence-corrected chi connectivity index (χ0v) is 16.6. The van der Waals surface area contributed by atoms with Crippen LogP contribution in [0.3, 0.4) is 0 Å². The number of likely N-dealkylation sites (tertiary alicyclic amines) is 1. The molecule has 1 aliphatic rings. The van der Waals surface area contributed by atoms with Crippen LogP contribution >= 0.6 is 11.3 Å². The molecule has 1 saturated heterocycles. The van der Waals surface area contributed by atoms with Crippen LogP contribution in [0.4, 0.5) is 0 Å². The molecular formula is C22H31NO2S. The molecule has 1 aromatic carbocycles. The lowest BCUT2D eigenvalue weighted by Crippen LogP contribution is -2.40. The Bertz CT molecular complexity index is 618. The highest BCUT2D eigenvalue weighted by Gasteiger charge is 2.21. The molecule has 4 heteroatoms. The number of β-amino-alcohol motifs (C(OH)–C–C–N with tert-alkyl or cyclic N) is 1. The molecule has 0 saturated carbocycles. The van der Waals surface area contributed by atoms with E-state index in [0.29, 0.717) is 13.2 Å². The van der Waals surface area contributed by atoms with E-state index in [-0.39, 0.29) is 6.10 Å². The van der Waals surface area contributed by atoms with Gasteiger partial charge in [0, 0.05) is 11.4 Å². The molecule has 1 fully saturated rings. The zero-order valence-electron chi connectivity index (χ0n) is 15.8. The number of aliphatic hydroxyl groups excluding tert-OH is 1. The van der Waals surface area contributed by atoms with Crippen molar-refractivity contribution in [3.8, 4) is 0 Å². The number of rotatable bonds is 9. The van der Waals surface area contributed by atoms with Crippen LogP contribution in [-0.4, -0.2) is 42.4 Å². The van der Waals surface area contributed by atoms with E-state index in [2.05, 4.69) is 47.5 Å². The van der Waals surface area contributed by atoms with Crippen molar-refractivity contribution < 1.29 is 9.84 Å². The topological polar surface area (TPSA) is 32.7 Å². The first-order chi connectivity index (χ1) is 12.7. The van der Waals surface area contributed by atoms with Crippen molar-refractivity contribution in [3.05, 3.63) is 57.8 Å². The van der Waals surface area contributed by atoms with Crippen LogP contribution in [0, 0.1) is 12.8 Å². The number of ether oxygens (including phenoxy) is 1. The normalized spacial score (nSPS) is 17.5. The Morgan fingerprint density at radius 2 is 1.96 bits per heavy atom. The maximum atomic E-state index is 10.2. The molecule has 1 aliphatic heterocycles. The SMILES string of the molecule is Cc1ccc(CCC2CCN(CC(O)COCc3cccs3)CC2)cc1.